The van der Waals surface area contributed by atoms with E-state index >= 15 is 0 Å². The quantitative estimate of drug-likeness (QED) is 0.735. The molecule has 0 aromatic heterocycles. The van der Waals surface area contributed by atoms with Gasteiger partial charge >= 0.3 is 0 Å². The standard InChI is InChI=1S/C11H22O2/c1-8(12)11(5,6)7-9(13)10(2,3)4/h8,12H,7H2,1-6H3. The van der Waals surface area contributed by atoms with E-state index in [2.05, 4.69) is 0 Å². The summed E-state index contributed by atoms with van der Waals surface area (Å²) in [4.78, 5) is 11.7. The number of Topliss-reactive ketones (excluding diaryl/α,β-unsaturated/α-hetero) is 1. The molecule has 0 saturated carbocycles. The van der Waals surface area contributed by atoms with Gasteiger partial charge in [0.1, 0.15) is 5.78 Å². The van der Waals surface area contributed by atoms with Crippen LogP contribution in [0.4, 0.5) is 0 Å². The molecule has 1 N–H and O–H groups in total. The van der Waals surface area contributed by atoms with E-state index < -0.39 is 6.10 Å². The van der Waals surface area contributed by atoms with Gasteiger partial charge in [0.05, 0.1) is 6.10 Å². The first-order valence-corrected chi connectivity index (χ1v) is 4.79. The molecule has 78 valence electrons. The molecular formula is C11H22O2. The number of hydrogen-bond acceptors (Lipinski definition) is 2. The van der Waals surface area contributed by atoms with Crippen molar-refractivity contribution in [3.05, 3.63) is 0 Å². The molecule has 2 nitrogen and oxygen atoms in total. The van der Waals surface area contributed by atoms with Crippen molar-refractivity contribution in [2.24, 2.45) is 10.8 Å². The van der Waals surface area contributed by atoms with Crippen LogP contribution >= 0.6 is 0 Å². The topological polar surface area (TPSA) is 37.3 Å². The number of carbonyl (C=O) groups is 1. The second-order valence-electron chi connectivity index (χ2n) is 5.51. The van der Waals surface area contributed by atoms with Crippen LogP contribution in [0.15, 0.2) is 0 Å². The first-order valence-electron chi connectivity index (χ1n) is 4.79. The van der Waals surface area contributed by atoms with Gasteiger partial charge in [-0.05, 0) is 12.3 Å². The van der Waals surface area contributed by atoms with Crippen molar-refractivity contribution in [2.75, 3.05) is 0 Å². The third-order valence-corrected chi connectivity index (χ3v) is 2.58. The minimum atomic E-state index is -0.446. The minimum Gasteiger partial charge on any atom is -0.393 e. The van der Waals surface area contributed by atoms with Crippen molar-refractivity contribution in [3.8, 4) is 0 Å². The lowest BCUT2D eigenvalue weighted by Crippen LogP contribution is -2.33. The van der Waals surface area contributed by atoms with Crippen LogP contribution in [0.1, 0.15) is 48.0 Å². The van der Waals surface area contributed by atoms with E-state index in [0.717, 1.165) is 0 Å². The highest BCUT2D eigenvalue weighted by molar-refractivity contribution is 5.84. The van der Waals surface area contributed by atoms with E-state index in [1.165, 1.54) is 0 Å². The molecule has 2 heteroatoms. The van der Waals surface area contributed by atoms with Crippen molar-refractivity contribution in [3.63, 3.8) is 0 Å². The molecule has 0 bridgehead atoms. The summed E-state index contributed by atoms with van der Waals surface area (Å²) in [5, 5.41) is 9.44. The maximum absolute atomic E-state index is 11.7. The van der Waals surface area contributed by atoms with Gasteiger partial charge in [-0.25, -0.2) is 0 Å². The Balaban J connectivity index is 4.38. The molecule has 0 aromatic rings. The van der Waals surface area contributed by atoms with Crippen molar-refractivity contribution >= 4 is 5.78 Å². The Morgan fingerprint density at radius 3 is 1.85 bits per heavy atom. The van der Waals surface area contributed by atoms with Crippen LogP contribution in [0, 0.1) is 10.8 Å². The monoisotopic (exact) mass is 186 g/mol. The van der Waals surface area contributed by atoms with Gasteiger partial charge in [-0.15, -0.1) is 0 Å². The molecule has 0 heterocycles. The first kappa shape index (κ1) is 12.6. The summed E-state index contributed by atoms with van der Waals surface area (Å²) in [7, 11) is 0. The predicted octanol–water partition coefficient (Wildman–Crippen LogP) is 2.40. The highest BCUT2D eigenvalue weighted by Gasteiger charge is 2.31. The second kappa shape index (κ2) is 3.79. The summed E-state index contributed by atoms with van der Waals surface area (Å²) < 4.78 is 0. The van der Waals surface area contributed by atoms with E-state index in [-0.39, 0.29) is 16.6 Å². The number of rotatable bonds is 3. The number of aliphatic hydroxyl groups is 1. The smallest absolute Gasteiger partial charge is 0.138 e. The van der Waals surface area contributed by atoms with Gasteiger partial charge < -0.3 is 5.11 Å². The Labute approximate surface area is 81.3 Å². The zero-order chi connectivity index (χ0) is 10.9. The Hall–Kier alpha value is -0.370. The first-order chi connectivity index (χ1) is 5.57. The summed E-state index contributed by atoms with van der Waals surface area (Å²) in [5.74, 6) is 0.207. The molecule has 0 aliphatic heterocycles. The van der Waals surface area contributed by atoms with Crippen LogP contribution in [0.25, 0.3) is 0 Å². The number of aliphatic hydroxyl groups excluding tert-OH is 1. The lowest BCUT2D eigenvalue weighted by molar-refractivity contribution is -0.130. The lowest BCUT2D eigenvalue weighted by atomic mass is 9.76. The SMILES string of the molecule is CC(O)C(C)(C)CC(=O)C(C)(C)C. The Kier molecular flexibility index (Phi) is 3.68. The number of carbonyl (C=O) groups excluding carboxylic acids is 1. The third kappa shape index (κ3) is 3.90. The largest absolute Gasteiger partial charge is 0.393 e. The van der Waals surface area contributed by atoms with Gasteiger partial charge in [0.25, 0.3) is 0 Å². The number of hydrogen-bond donors (Lipinski definition) is 1. The molecule has 1 atom stereocenters. The summed E-state index contributed by atoms with van der Waals surface area (Å²) >= 11 is 0. The van der Waals surface area contributed by atoms with Gasteiger partial charge in [-0.1, -0.05) is 34.6 Å². The van der Waals surface area contributed by atoms with Crippen molar-refractivity contribution < 1.29 is 9.90 Å². The molecule has 0 spiro atoms. The molecule has 0 saturated heterocycles. The summed E-state index contributed by atoms with van der Waals surface area (Å²) in [5.41, 5.74) is -0.615. The van der Waals surface area contributed by atoms with Crippen LogP contribution < -0.4 is 0 Å². The molecule has 1 unspecified atom stereocenters. The maximum Gasteiger partial charge on any atom is 0.138 e. The second-order valence-corrected chi connectivity index (χ2v) is 5.51. The van der Waals surface area contributed by atoms with Gasteiger partial charge in [0.2, 0.25) is 0 Å². The summed E-state index contributed by atoms with van der Waals surface area (Å²) in [6.07, 6.45) is -0.00690. The Morgan fingerprint density at radius 2 is 1.62 bits per heavy atom. The van der Waals surface area contributed by atoms with Crippen molar-refractivity contribution in [1.29, 1.82) is 0 Å². The molecule has 0 amide bonds. The van der Waals surface area contributed by atoms with Crippen molar-refractivity contribution in [2.45, 2.75) is 54.1 Å². The van der Waals surface area contributed by atoms with Crippen LogP contribution in [-0.2, 0) is 4.79 Å². The summed E-state index contributed by atoms with van der Waals surface area (Å²) in [6.45, 7) is 11.3. The maximum atomic E-state index is 11.7. The molecule has 0 aliphatic rings. The molecule has 13 heavy (non-hydrogen) atoms. The third-order valence-electron chi connectivity index (χ3n) is 2.58. The fourth-order valence-corrected chi connectivity index (χ4v) is 0.827. The zero-order valence-corrected chi connectivity index (χ0v) is 9.64. The van der Waals surface area contributed by atoms with E-state index in [4.69, 9.17) is 0 Å². The minimum absolute atomic E-state index is 0.207. The average Bonchev–Trinajstić information content (AvgIpc) is 1.83. The zero-order valence-electron chi connectivity index (χ0n) is 9.64. The molecule has 0 aliphatic carbocycles. The molecule has 0 aromatic carbocycles. The lowest BCUT2D eigenvalue weighted by Gasteiger charge is -2.30. The van der Waals surface area contributed by atoms with Crippen molar-refractivity contribution in [1.82, 2.24) is 0 Å². The van der Waals surface area contributed by atoms with Crippen LogP contribution in [0.5, 0.6) is 0 Å². The average molecular weight is 186 g/mol. The van der Waals surface area contributed by atoms with Crippen LogP contribution in [0.3, 0.4) is 0 Å². The van der Waals surface area contributed by atoms with Crippen LogP contribution in [-0.4, -0.2) is 17.0 Å². The molecule has 0 radical (unpaired) electrons. The van der Waals surface area contributed by atoms with Gasteiger partial charge in [0, 0.05) is 11.8 Å². The fraction of sp³-hybridized carbons (Fsp3) is 0.909. The van der Waals surface area contributed by atoms with Crippen LogP contribution in [0.2, 0.25) is 0 Å². The Morgan fingerprint density at radius 1 is 1.23 bits per heavy atom. The fourth-order valence-electron chi connectivity index (χ4n) is 0.827. The van der Waals surface area contributed by atoms with Gasteiger partial charge in [0.15, 0.2) is 0 Å². The summed E-state index contributed by atoms with van der Waals surface area (Å²) in [6, 6.07) is 0. The molecule has 0 rings (SSSR count). The highest BCUT2D eigenvalue weighted by Crippen LogP contribution is 2.30. The Bertz CT molecular complexity index is 185. The normalized spacial score (nSPS) is 15.6. The van der Waals surface area contributed by atoms with Gasteiger partial charge in [-0.3, -0.25) is 4.79 Å². The van der Waals surface area contributed by atoms with E-state index in [1.54, 1.807) is 6.92 Å². The molecular weight excluding hydrogens is 164 g/mol. The van der Waals surface area contributed by atoms with E-state index in [9.17, 15) is 9.90 Å². The predicted molar refractivity (Wildman–Crippen MR) is 54.5 cm³/mol. The van der Waals surface area contributed by atoms with E-state index in [1.807, 2.05) is 34.6 Å². The number of ketones is 1. The highest BCUT2D eigenvalue weighted by atomic mass is 16.3. The van der Waals surface area contributed by atoms with E-state index in [0.29, 0.717) is 6.42 Å². The molecule has 0 fully saturated rings. The van der Waals surface area contributed by atoms with Gasteiger partial charge in [-0.2, -0.15) is 0 Å².